The molecule has 0 aliphatic rings. The summed E-state index contributed by atoms with van der Waals surface area (Å²) in [7, 11) is 0. The Kier molecular flexibility index (Phi) is 4.59. The van der Waals surface area contributed by atoms with Crippen LogP contribution < -0.4 is 5.32 Å². The minimum Gasteiger partial charge on any atom is -0.447 e. The molecule has 4 rings (SSSR count). The first-order valence-electron chi connectivity index (χ1n) is 8.11. The molecule has 0 unspecified atom stereocenters. The Hall–Kier alpha value is -2.83. The number of benzene rings is 1. The van der Waals surface area contributed by atoms with Crippen LogP contribution in [0.2, 0.25) is 10.0 Å². The van der Waals surface area contributed by atoms with Crippen molar-refractivity contribution < 1.29 is 9.21 Å². The van der Waals surface area contributed by atoms with Crippen molar-refractivity contribution in [3.05, 3.63) is 76.2 Å². The van der Waals surface area contributed by atoms with Gasteiger partial charge in [0, 0.05) is 28.5 Å². The lowest BCUT2D eigenvalue weighted by Crippen LogP contribution is -2.13. The van der Waals surface area contributed by atoms with Crippen LogP contribution in [0.15, 0.2) is 53.7 Å². The number of anilines is 1. The smallest absolute Gasteiger partial charge is 0.258 e. The zero-order chi connectivity index (χ0) is 19.0. The molecule has 0 saturated carbocycles. The number of nitrogens with one attached hydrogen (secondary N) is 1. The zero-order valence-electron chi connectivity index (χ0n) is 14.2. The van der Waals surface area contributed by atoms with Gasteiger partial charge in [0.1, 0.15) is 11.4 Å². The summed E-state index contributed by atoms with van der Waals surface area (Å²) < 4.78 is 7.21. The summed E-state index contributed by atoms with van der Waals surface area (Å²) >= 11 is 12.4. The number of aryl methyl sites for hydroxylation is 1. The van der Waals surface area contributed by atoms with Gasteiger partial charge in [-0.15, -0.1) is 0 Å². The van der Waals surface area contributed by atoms with Crippen molar-refractivity contribution in [3.63, 3.8) is 0 Å². The van der Waals surface area contributed by atoms with Crippen molar-refractivity contribution in [2.45, 2.75) is 13.5 Å². The number of carbonyl (C=O) groups excluding carboxylic acids is 1. The Balaban J connectivity index is 1.68. The third-order valence-electron chi connectivity index (χ3n) is 4.17. The molecule has 4 aromatic rings. The van der Waals surface area contributed by atoms with Crippen molar-refractivity contribution >= 4 is 45.8 Å². The van der Waals surface area contributed by atoms with E-state index in [0.29, 0.717) is 39.2 Å². The number of oxazole rings is 1. The summed E-state index contributed by atoms with van der Waals surface area (Å²) in [5, 5.41) is 4.49. The number of nitrogens with zero attached hydrogens (tertiary/aromatic N) is 3. The van der Waals surface area contributed by atoms with Crippen LogP contribution in [-0.2, 0) is 6.54 Å². The van der Waals surface area contributed by atoms with E-state index in [9.17, 15) is 4.79 Å². The number of amides is 1. The van der Waals surface area contributed by atoms with Gasteiger partial charge >= 0.3 is 0 Å². The molecular weight excluding hydrogens is 387 g/mol. The molecule has 1 N–H and O–H groups in total. The van der Waals surface area contributed by atoms with Gasteiger partial charge in [-0.25, -0.2) is 9.97 Å². The highest BCUT2D eigenvalue weighted by atomic mass is 35.5. The van der Waals surface area contributed by atoms with Gasteiger partial charge in [-0.2, -0.15) is 0 Å². The Morgan fingerprint density at radius 3 is 2.70 bits per heavy atom. The number of carbonyl (C=O) groups is 1. The Morgan fingerprint density at radius 2 is 2.00 bits per heavy atom. The molecule has 0 fully saturated rings. The summed E-state index contributed by atoms with van der Waals surface area (Å²) in [4.78, 5) is 21.0. The molecule has 136 valence electrons. The summed E-state index contributed by atoms with van der Waals surface area (Å²) in [6, 6.07) is 6.85. The van der Waals surface area contributed by atoms with Crippen LogP contribution in [0.5, 0.6) is 0 Å². The van der Waals surface area contributed by atoms with E-state index in [0.717, 1.165) is 10.9 Å². The summed E-state index contributed by atoms with van der Waals surface area (Å²) in [6.07, 6.45) is 6.43. The first-order valence-corrected chi connectivity index (χ1v) is 8.87. The van der Waals surface area contributed by atoms with Gasteiger partial charge in [0.05, 0.1) is 23.3 Å². The zero-order valence-corrected chi connectivity index (χ0v) is 15.8. The first kappa shape index (κ1) is 17.6. The lowest BCUT2D eigenvalue weighted by Gasteiger charge is -2.08. The molecular formula is C19H14Cl2N4O2. The Bertz CT molecular complexity index is 1120. The third-order valence-corrected chi connectivity index (χ3v) is 4.81. The van der Waals surface area contributed by atoms with Gasteiger partial charge in [-0.3, -0.25) is 4.79 Å². The summed E-state index contributed by atoms with van der Waals surface area (Å²) in [5.41, 5.74) is 2.53. The van der Waals surface area contributed by atoms with E-state index in [1.165, 1.54) is 12.6 Å². The summed E-state index contributed by atoms with van der Waals surface area (Å²) in [6.45, 7) is 2.40. The fourth-order valence-electron chi connectivity index (χ4n) is 2.90. The molecule has 0 radical (unpaired) electrons. The Labute approximate surface area is 164 Å². The van der Waals surface area contributed by atoms with Gasteiger partial charge in [0.2, 0.25) is 0 Å². The molecule has 0 aliphatic carbocycles. The van der Waals surface area contributed by atoms with Crippen molar-refractivity contribution in [2.75, 3.05) is 5.32 Å². The van der Waals surface area contributed by atoms with Gasteiger partial charge in [-0.05, 0) is 36.8 Å². The van der Waals surface area contributed by atoms with E-state index in [4.69, 9.17) is 27.6 Å². The molecule has 0 aliphatic heterocycles. The third kappa shape index (κ3) is 3.41. The number of aromatic nitrogens is 3. The monoisotopic (exact) mass is 400 g/mol. The molecule has 3 aromatic heterocycles. The predicted molar refractivity (Wildman–Crippen MR) is 104 cm³/mol. The second kappa shape index (κ2) is 7.06. The van der Waals surface area contributed by atoms with Crippen molar-refractivity contribution in [3.8, 4) is 0 Å². The quantitative estimate of drug-likeness (QED) is 0.526. The number of hydrogen-bond acceptors (Lipinski definition) is 4. The predicted octanol–water partition coefficient (Wildman–Crippen LogP) is 4.94. The number of pyridine rings is 1. The van der Waals surface area contributed by atoms with Gasteiger partial charge < -0.3 is 14.3 Å². The van der Waals surface area contributed by atoms with Gasteiger partial charge in [0.15, 0.2) is 6.39 Å². The van der Waals surface area contributed by atoms with E-state index < -0.39 is 0 Å². The van der Waals surface area contributed by atoms with Crippen LogP contribution in [0.4, 0.5) is 5.69 Å². The standard InChI is InChI=1S/C19H14Cl2N4O2/c1-11-8-25(9-14-6-22-10-27-14)18-16(11)17(21)15(7-23-18)19(26)24-13-4-2-12(20)3-5-13/h2-8,10H,9H2,1H3,(H,24,26). The normalized spacial score (nSPS) is 11.1. The molecule has 1 amide bonds. The number of fused-ring (bicyclic) bond motifs is 1. The van der Waals surface area contributed by atoms with Crippen LogP contribution in [0, 0.1) is 6.92 Å². The second-order valence-corrected chi connectivity index (χ2v) is 6.87. The number of rotatable bonds is 4. The van der Waals surface area contributed by atoms with E-state index in [1.807, 2.05) is 17.7 Å². The molecule has 6 nitrogen and oxygen atoms in total. The topological polar surface area (TPSA) is 73.0 Å². The van der Waals surface area contributed by atoms with Crippen molar-refractivity contribution in [2.24, 2.45) is 0 Å². The summed E-state index contributed by atoms with van der Waals surface area (Å²) in [5.74, 6) is 0.369. The maximum Gasteiger partial charge on any atom is 0.258 e. The minimum absolute atomic E-state index is 0.305. The number of hydrogen-bond donors (Lipinski definition) is 1. The lowest BCUT2D eigenvalue weighted by atomic mass is 10.1. The van der Waals surface area contributed by atoms with Gasteiger partial charge in [0.25, 0.3) is 5.91 Å². The highest BCUT2D eigenvalue weighted by Crippen LogP contribution is 2.31. The molecule has 0 spiro atoms. The van der Waals surface area contributed by atoms with E-state index >= 15 is 0 Å². The molecule has 0 saturated heterocycles. The van der Waals surface area contributed by atoms with Crippen LogP contribution in [0.1, 0.15) is 21.7 Å². The first-order chi connectivity index (χ1) is 13.0. The lowest BCUT2D eigenvalue weighted by molar-refractivity contribution is 0.102. The van der Waals surface area contributed by atoms with E-state index in [-0.39, 0.29) is 5.91 Å². The highest BCUT2D eigenvalue weighted by Gasteiger charge is 2.19. The number of halogens is 2. The SMILES string of the molecule is Cc1cn(Cc2cnco2)c2ncc(C(=O)Nc3ccc(Cl)cc3)c(Cl)c12. The van der Waals surface area contributed by atoms with Crippen molar-refractivity contribution in [1.82, 2.24) is 14.5 Å². The van der Waals surface area contributed by atoms with Crippen LogP contribution in [0.25, 0.3) is 11.0 Å². The molecule has 27 heavy (non-hydrogen) atoms. The Morgan fingerprint density at radius 1 is 1.22 bits per heavy atom. The molecule has 0 bridgehead atoms. The van der Waals surface area contributed by atoms with Crippen LogP contribution in [-0.4, -0.2) is 20.4 Å². The fraction of sp³-hybridized carbons (Fsp3) is 0.105. The highest BCUT2D eigenvalue weighted by molar-refractivity contribution is 6.39. The maximum absolute atomic E-state index is 12.6. The van der Waals surface area contributed by atoms with Crippen LogP contribution in [0.3, 0.4) is 0 Å². The largest absolute Gasteiger partial charge is 0.447 e. The maximum atomic E-state index is 12.6. The van der Waals surface area contributed by atoms with Gasteiger partial charge in [-0.1, -0.05) is 23.2 Å². The molecule has 0 atom stereocenters. The molecule has 8 heteroatoms. The average molecular weight is 401 g/mol. The molecule has 1 aromatic carbocycles. The minimum atomic E-state index is -0.334. The van der Waals surface area contributed by atoms with Crippen LogP contribution >= 0.6 is 23.2 Å². The van der Waals surface area contributed by atoms with Crippen molar-refractivity contribution in [1.29, 1.82) is 0 Å². The van der Waals surface area contributed by atoms with E-state index in [1.54, 1.807) is 30.5 Å². The fourth-order valence-corrected chi connectivity index (χ4v) is 3.40. The average Bonchev–Trinajstić information content (AvgIpc) is 3.26. The molecule has 3 heterocycles. The van der Waals surface area contributed by atoms with E-state index in [2.05, 4.69) is 15.3 Å². The second-order valence-electron chi connectivity index (χ2n) is 6.05.